The molecule has 1 fully saturated rings. The minimum Gasteiger partial charge on any atom is -0.337 e. The van der Waals surface area contributed by atoms with Crippen LogP contribution in [0.2, 0.25) is 5.02 Å². The second kappa shape index (κ2) is 6.80. The highest BCUT2D eigenvalue weighted by Gasteiger charge is 2.25. The highest BCUT2D eigenvalue weighted by atomic mass is 35.5. The van der Waals surface area contributed by atoms with Crippen LogP contribution in [0.5, 0.6) is 0 Å². The maximum absolute atomic E-state index is 12.7. The molecule has 1 aliphatic heterocycles. The van der Waals surface area contributed by atoms with Crippen LogP contribution in [0.15, 0.2) is 29.8 Å². The molecule has 0 N–H and O–H groups in total. The number of hydrogen-bond donors (Lipinski definition) is 0. The molecule has 3 rings (SSSR count). The number of benzene rings is 1. The summed E-state index contributed by atoms with van der Waals surface area (Å²) < 4.78 is 0. The van der Waals surface area contributed by atoms with Gasteiger partial charge in [-0.05, 0) is 37.5 Å². The first kappa shape index (κ1) is 15.5. The predicted molar refractivity (Wildman–Crippen MR) is 90.8 cm³/mol. The minimum absolute atomic E-state index is 0.126. The Hall–Kier alpha value is -1.39. The van der Waals surface area contributed by atoms with Gasteiger partial charge in [0.2, 0.25) is 0 Å². The number of likely N-dealkylation sites (tertiary alicyclic amines) is 1. The molecule has 0 radical (unpaired) electrons. The van der Waals surface area contributed by atoms with E-state index in [1.165, 1.54) is 16.9 Å². The Morgan fingerprint density at radius 3 is 2.77 bits per heavy atom. The zero-order valence-electron chi connectivity index (χ0n) is 12.6. The van der Waals surface area contributed by atoms with Crippen LogP contribution in [0.4, 0.5) is 0 Å². The van der Waals surface area contributed by atoms with E-state index >= 15 is 0 Å². The predicted octanol–water partition coefficient (Wildman–Crippen LogP) is 4.51. The highest BCUT2D eigenvalue weighted by molar-refractivity contribution is 7.11. The molecule has 3 nitrogen and oxygen atoms in total. The van der Waals surface area contributed by atoms with Crippen LogP contribution in [0, 0.1) is 6.92 Å². The van der Waals surface area contributed by atoms with E-state index in [1.807, 2.05) is 24.0 Å². The molecule has 1 aliphatic rings. The first-order chi connectivity index (χ1) is 10.6. The van der Waals surface area contributed by atoms with Crippen molar-refractivity contribution in [1.82, 2.24) is 9.88 Å². The second-order valence-electron chi connectivity index (χ2n) is 5.76. The maximum atomic E-state index is 12.7. The molecular weight excluding hydrogens is 316 g/mol. The molecule has 1 saturated heterocycles. The molecule has 1 unspecified atom stereocenters. The molecule has 2 aromatic rings. The van der Waals surface area contributed by atoms with E-state index in [0.717, 1.165) is 47.9 Å². The SMILES string of the molecule is Cc1ncsc1C(=O)N1CCCCC(c2ccc(Cl)cc2)C1. The summed E-state index contributed by atoms with van der Waals surface area (Å²) in [4.78, 5) is 19.7. The average molecular weight is 335 g/mol. The van der Waals surface area contributed by atoms with E-state index in [2.05, 4.69) is 17.1 Å². The van der Waals surface area contributed by atoms with Gasteiger partial charge in [-0.25, -0.2) is 4.98 Å². The van der Waals surface area contributed by atoms with Crippen LogP contribution in [-0.4, -0.2) is 28.9 Å². The van der Waals surface area contributed by atoms with Gasteiger partial charge in [0.1, 0.15) is 4.88 Å². The molecule has 2 heterocycles. The molecule has 0 bridgehead atoms. The van der Waals surface area contributed by atoms with E-state index in [9.17, 15) is 4.79 Å². The summed E-state index contributed by atoms with van der Waals surface area (Å²) >= 11 is 7.41. The Bertz CT molecular complexity index is 653. The fourth-order valence-corrected chi connectivity index (χ4v) is 3.88. The van der Waals surface area contributed by atoms with Gasteiger partial charge < -0.3 is 4.90 Å². The minimum atomic E-state index is 0.126. The Kier molecular flexibility index (Phi) is 4.79. The standard InChI is InChI=1S/C17H19ClN2OS/c1-12-16(22-11-19-12)17(21)20-9-3-2-4-14(10-20)13-5-7-15(18)8-6-13/h5-8,11,14H,2-4,9-10H2,1H3. The first-order valence-electron chi connectivity index (χ1n) is 7.60. The molecular formula is C17H19ClN2OS. The number of aromatic nitrogens is 1. The lowest BCUT2D eigenvalue weighted by atomic mass is 9.94. The van der Waals surface area contributed by atoms with Crippen LogP contribution in [0.25, 0.3) is 0 Å². The van der Waals surface area contributed by atoms with Gasteiger partial charge in [0.15, 0.2) is 0 Å². The van der Waals surface area contributed by atoms with Crippen molar-refractivity contribution in [2.45, 2.75) is 32.1 Å². The van der Waals surface area contributed by atoms with Crippen LogP contribution in [0.3, 0.4) is 0 Å². The van der Waals surface area contributed by atoms with Crippen molar-refractivity contribution >= 4 is 28.8 Å². The van der Waals surface area contributed by atoms with Crippen LogP contribution >= 0.6 is 22.9 Å². The van der Waals surface area contributed by atoms with Crippen LogP contribution in [-0.2, 0) is 0 Å². The monoisotopic (exact) mass is 334 g/mol. The lowest BCUT2D eigenvalue weighted by Gasteiger charge is -2.24. The molecule has 22 heavy (non-hydrogen) atoms. The van der Waals surface area contributed by atoms with E-state index in [-0.39, 0.29) is 5.91 Å². The van der Waals surface area contributed by atoms with Gasteiger partial charge in [-0.1, -0.05) is 30.2 Å². The summed E-state index contributed by atoms with van der Waals surface area (Å²) in [5.41, 5.74) is 3.85. The molecule has 1 aromatic carbocycles. The molecule has 116 valence electrons. The second-order valence-corrected chi connectivity index (χ2v) is 7.05. The van der Waals surface area contributed by atoms with Gasteiger partial charge in [-0.3, -0.25) is 4.79 Å². The molecule has 0 aliphatic carbocycles. The third-order valence-corrected chi connectivity index (χ3v) is 5.41. The van der Waals surface area contributed by atoms with Crippen molar-refractivity contribution in [3.05, 3.63) is 50.9 Å². The van der Waals surface area contributed by atoms with Gasteiger partial charge in [0, 0.05) is 24.0 Å². The maximum Gasteiger partial charge on any atom is 0.265 e. The van der Waals surface area contributed by atoms with Gasteiger partial charge in [0.25, 0.3) is 5.91 Å². The summed E-state index contributed by atoms with van der Waals surface area (Å²) in [6, 6.07) is 8.03. The van der Waals surface area contributed by atoms with Gasteiger partial charge in [0.05, 0.1) is 11.2 Å². The zero-order chi connectivity index (χ0) is 15.5. The number of rotatable bonds is 2. The first-order valence-corrected chi connectivity index (χ1v) is 8.85. The zero-order valence-corrected chi connectivity index (χ0v) is 14.2. The van der Waals surface area contributed by atoms with E-state index < -0.39 is 0 Å². The molecule has 0 spiro atoms. The summed E-state index contributed by atoms with van der Waals surface area (Å²) in [5, 5.41) is 0.755. The van der Waals surface area contributed by atoms with E-state index in [1.54, 1.807) is 5.51 Å². The molecule has 1 aromatic heterocycles. The number of aryl methyl sites for hydroxylation is 1. The Labute approximate surface area is 139 Å². The normalized spacial score (nSPS) is 19.0. The van der Waals surface area contributed by atoms with Crippen molar-refractivity contribution in [3.63, 3.8) is 0 Å². The van der Waals surface area contributed by atoms with Crippen molar-refractivity contribution in [2.24, 2.45) is 0 Å². The number of nitrogens with zero attached hydrogens (tertiary/aromatic N) is 2. The number of carbonyl (C=O) groups is 1. The van der Waals surface area contributed by atoms with Crippen molar-refractivity contribution in [3.8, 4) is 0 Å². The lowest BCUT2D eigenvalue weighted by molar-refractivity contribution is 0.0758. The average Bonchev–Trinajstić information content (AvgIpc) is 2.80. The van der Waals surface area contributed by atoms with Gasteiger partial charge >= 0.3 is 0 Å². The molecule has 1 atom stereocenters. The van der Waals surface area contributed by atoms with Gasteiger partial charge in [-0.2, -0.15) is 0 Å². The molecule has 0 saturated carbocycles. The lowest BCUT2D eigenvalue weighted by Crippen LogP contribution is -2.34. The quantitative estimate of drug-likeness (QED) is 0.809. The summed E-state index contributed by atoms with van der Waals surface area (Å²) in [6.07, 6.45) is 3.33. The Morgan fingerprint density at radius 1 is 1.32 bits per heavy atom. The largest absolute Gasteiger partial charge is 0.337 e. The summed E-state index contributed by atoms with van der Waals surface area (Å²) in [6.45, 7) is 3.51. The van der Waals surface area contributed by atoms with E-state index in [4.69, 9.17) is 11.6 Å². The Balaban J connectivity index is 1.79. The van der Waals surface area contributed by atoms with Crippen molar-refractivity contribution in [2.75, 3.05) is 13.1 Å². The number of hydrogen-bond acceptors (Lipinski definition) is 3. The summed E-state index contributed by atoms with van der Waals surface area (Å²) in [5.74, 6) is 0.512. The van der Waals surface area contributed by atoms with Crippen molar-refractivity contribution < 1.29 is 4.79 Å². The third kappa shape index (κ3) is 3.33. The Morgan fingerprint density at radius 2 is 2.09 bits per heavy atom. The summed E-state index contributed by atoms with van der Waals surface area (Å²) in [7, 11) is 0. The number of carbonyl (C=O) groups excluding carboxylic acids is 1. The fraction of sp³-hybridized carbons (Fsp3) is 0.412. The number of thiazole rings is 1. The number of amides is 1. The fourth-order valence-electron chi connectivity index (χ4n) is 2.98. The highest BCUT2D eigenvalue weighted by Crippen LogP contribution is 2.29. The van der Waals surface area contributed by atoms with Crippen LogP contribution in [0.1, 0.15) is 46.1 Å². The van der Waals surface area contributed by atoms with Crippen LogP contribution < -0.4 is 0 Å². The smallest absolute Gasteiger partial charge is 0.265 e. The number of halogens is 1. The van der Waals surface area contributed by atoms with Gasteiger partial charge in [-0.15, -0.1) is 11.3 Å². The third-order valence-electron chi connectivity index (χ3n) is 4.24. The van der Waals surface area contributed by atoms with Crippen molar-refractivity contribution in [1.29, 1.82) is 0 Å². The molecule has 5 heteroatoms. The van der Waals surface area contributed by atoms with E-state index in [0.29, 0.717) is 5.92 Å². The molecule has 1 amide bonds. The topological polar surface area (TPSA) is 33.2 Å².